The zero-order chi connectivity index (χ0) is 13.1. The second-order valence-corrected chi connectivity index (χ2v) is 4.75. The van der Waals surface area contributed by atoms with Gasteiger partial charge < -0.3 is 0 Å². The van der Waals surface area contributed by atoms with Gasteiger partial charge in [0.1, 0.15) is 5.82 Å². The summed E-state index contributed by atoms with van der Waals surface area (Å²) in [5.41, 5.74) is 4.53. The lowest BCUT2D eigenvalue weighted by Crippen LogP contribution is -2.28. The lowest BCUT2D eigenvalue weighted by atomic mass is 10.0. The molecule has 6 heteroatoms. The van der Waals surface area contributed by atoms with E-state index in [-0.39, 0.29) is 11.9 Å². The van der Waals surface area contributed by atoms with Crippen molar-refractivity contribution in [2.24, 2.45) is 5.84 Å². The van der Waals surface area contributed by atoms with Crippen LogP contribution >= 0.6 is 15.9 Å². The molecule has 0 fully saturated rings. The summed E-state index contributed by atoms with van der Waals surface area (Å²) in [6, 6.07) is 4.31. The number of aromatic nitrogens is 2. The van der Waals surface area contributed by atoms with Crippen molar-refractivity contribution in [2.45, 2.75) is 19.5 Å². The van der Waals surface area contributed by atoms with Crippen LogP contribution in [0.25, 0.3) is 0 Å². The monoisotopic (exact) mass is 312 g/mol. The van der Waals surface area contributed by atoms with Gasteiger partial charge in [-0.25, -0.2) is 9.82 Å². The van der Waals surface area contributed by atoms with Gasteiger partial charge in [-0.05, 0) is 24.6 Å². The molecule has 18 heavy (non-hydrogen) atoms. The van der Waals surface area contributed by atoms with Gasteiger partial charge in [-0.3, -0.25) is 10.5 Å². The second kappa shape index (κ2) is 5.60. The standard InChI is InChI=1S/C12H14BrFN4/c1-2-18-7-8(6-16-18)12(17-15)10-4-3-9(14)5-11(10)13/h3-7,12,17H,2,15H2,1H3. The zero-order valence-electron chi connectivity index (χ0n) is 9.90. The smallest absolute Gasteiger partial charge is 0.124 e. The molecule has 1 aromatic heterocycles. The molecule has 0 aliphatic heterocycles. The van der Waals surface area contributed by atoms with Gasteiger partial charge in [-0.15, -0.1) is 0 Å². The molecule has 0 aliphatic carbocycles. The number of nitrogens with one attached hydrogen (secondary N) is 1. The minimum absolute atomic E-state index is 0.222. The highest BCUT2D eigenvalue weighted by atomic mass is 79.9. The van der Waals surface area contributed by atoms with Crippen molar-refractivity contribution < 1.29 is 4.39 Å². The summed E-state index contributed by atoms with van der Waals surface area (Å²) in [4.78, 5) is 0. The molecule has 0 bridgehead atoms. The van der Waals surface area contributed by atoms with Crippen LogP contribution < -0.4 is 11.3 Å². The molecule has 0 aliphatic rings. The predicted molar refractivity (Wildman–Crippen MR) is 71.2 cm³/mol. The molecule has 1 aromatic carbocycles. The minimum Gasteiger partial charge on any atom is -0.273 e. The first kappa shape index (κ1) is 13.2. The maximum Gasteiger partial charge on any atom is 0.124 e. The Bertz CT molecular complexity index is 541. The van der Waals surface area contributed by atoms with Crippen LogP contribution in [0.15, 0.2) is 35.1 Å². The normalized spacial score (nSPS) is 12.7. The SMILES string of the molecule is CCn1cc(C(NN)c2ccc(F)cc2Br)cn1. The molecule has 2 aromatic rings. The molecule has 1 unspecified atom stereocenters. The lowest BCUT2D eigenvalue weighted by molar-refractivity contribution is 0.611. The third kappa shape index (κ3) is 2.60. The van der Waals surface area contributed by atoms with E-state index in [4.69, 9.17) is 5.84 Å². The predicted octanol–water partition coefficient (Wildman–Crippen LogP) is 2.36. The molecule has 2 rings (SSSR count). The van der Waals surface area contributed by atoms with E-state index in [1.54, 1.807) is 12.3 Å². The molecule has 3 N–H and O–H groups in total. The van der Waals surface area contributed by atoms with E-state index >= 15 is 0 Å². The van der Waals surface area contributed by atoms with Crippen LogP contribution in [0.5, 0.6) is 0 Å². The van der Waals surface area contributed by atoms with Crippen LogP contribution in [-0.2, 0) is 6.54 Å². The van der Waals surface area contributed by atoms with Crippen molar-refractivity contribution in [2.75, 3.05) is 0 Å². The van der Waals surface area contributed by atoms with Gasteiger partial charge in [-0.1, -0.05) is 22.0 Å². The highest BCUT2D eigenvalue weighted by Crippen LogP contribution is 2.28. The molecular formula is C12H14BrFN4. The van der Waals surface area contributed by atoms with Crippen LogP contribution in [0.2, 0.25) is 0 Å². The number of nitrogens with zero attached hydrogens (tertiary/aromatic N) is 2. The Balaban J connectivity index is 2.38. The summed E-state index contributed by atoms with van der Waals surface area (Å²) in [5, 5.41) is 4.21. The highest BCUT2D eigenvalue weighted by molar-refractivity contribution is 9.10. The number of nitrogens with two attached hydrogens (primary N) is 1. The Labute approximate surface area is 113 Å². The Morgan fingerprint density at radius 3 is 2.89 bits per heavy atom. The van der Waals surface area contributed by atoms with Crippen molar-refractivity contribution in [3.05, 3.63) is 52.0 Å². The van der Waals surface area contributed by atoms with Crippen LogP contribution in [0.4, 0.5) is 4.39 Å². The molecule has 1 atom stereocenters. The van der Waals surface area contributed by atoms with E-state index in [1.807, 2.05) is 17.8 Å². The fraction of sp³-hybridized carbons (Fsp3) is 0.250. The van der Waals surface area contributed by atoms with Crippen molar-refractivity contribution >= 4 is 15.9 Å². The summed E-state index contributed by atoms with van der Waals surface area (Å²) in [6.45, 7) is 2.80. The van der Waals surface area contributed by atoms with Crippen molar-refractivity contribution in [1.29, 1.82) is 0 Å². The van der Waals surface area contributed by atoms with Crippen LogP contribution in [0.1, 0.15) is 24.1 Å². The van der Waals surface area contributed by atoms with Crippen LogP contribution in [0.3, 0.4) is 0 Å². The fourth-order valence-corrected chi connectivity index (χ4v) is 2.38. The van der Waals surface area contributed by atoms with E-state index in [0.717, 1.165) is 17.7 Å². The summed E-state index contributed by atoms with van der Waals surface area (Å²) < 4.78 is 15.6. The average Bonchev–Trinajstić information content (AvgIpc) is 2.81. The topological polar surface area (TPSA) is 55.9 Å². The van der Waals surface area contributed by atoms with E-state index in [0.29, 0.717) is 4.47 Å². The molecule has 1 heterocycles. The number of halogens is 2. The maximum absolute atomic E-state index is 13.1. The summed E-state index contributed by atoms with van der Waals surface area (Å²) in [5.74, 6) is 5.31. The van der Waals surface area contributed by atoms with E-state index in [1.165, 1.54) is 12.1 Å². The number of benzene rings is 1. The van der Waals surface area contributed by atoms with Crippen LogP contribution in [0, 0.1) is 5.82 Å². The summed E-state index contributed by atoms with van der Waals surface area (Å²) >= 11 is 3.35. The van der Waals surface area contributed by atoms with Gasteiger partial charge in [0.2, 0.25) is 0 Å². The van der Waals surface area contributed by atoms with Crippen molar-refractivity contribution in [3.8, 4) is 0 Å². The van der Waals surface area contributed by atoms with E-state index < -0.39 is 0 Å². The average molecular weight is 313 g/mol. The highest BCUT2D eigenvalue weighted by Gasteiger charge is 2.17. The number of hydrogen-bond donors (Lipinski definition) is 2. The van der Waals surface area contributed by atoms with Gasteiger partial charge in [0.15, 0.2) is 0 Å². The Morgan fingerprint density at radius 1 is 1.56 bits per heavy atom. The van der Waals surface area contributed by atoms with E-state index in [9.17, 15) is 4.39 Å². The maximum atomic E-state index is 13.1. The molecule has 4 nitrogen and oxygen atoms in total. The van der Waals surface area contributed by atoms with Crippen molar-refractivity contribution in [3.63, 3.8) is 0 Å². The first-order valence-corrected chi connectivity index (χ1v) is 6.38. The molecule has 96 valence electrons. The molecule has 0 saturated carbocycles. The number of hydrazine groups is 1. The summed E-state index contributed by atoms with van der Waals surface area (Å²) in [7, 11) is 0. The van der Waals surface area contributed by atoms with E-state index in [2.05, 4.69) is 26.5 Å². The summed E-state index contributed by atoms with van der Waals surface area (Å²) in [6.07, 6.45) is 3.67. The van der Waals surface area contributed by atoms with Gasteiger partial charge in [0.05, 0.1) is 12.2 Å². The number of aryl methyl sites for hydroxylation is 1. The number of rotatable bonds is 4. The van der Waals surface area contributed by atoms with Gasteiger partial charge in [-0.2, -0.15) is 5.10 Å². The Hall–Kier alpha value is -1.24. The number of hydrogen-bond acceptors (Lipinski definition) is 3. The first-order valence-electron chi connectivity index (χ1n) is 5.59. The quantitative estimate of drug-likeness (QED) is 0.673. The zero-order valence-corrected chi connectivity index (χ0v) is 11.5. The van der Waals surface area contributed by atoms with Gasteiger partial charge in [0.25, 0.3) is 0 Å². The third-order valence-corrected chi connectivity index (χ3v) is 3.44. The molecule has 0 spiro atoms. The lowest BCUT2D eigenvalue weighted by Gasteiger charge is -2.16. The Kier molecular flexibility index (Phi) is 4.11. The van der Waals surface area contributed by atoms with Gasteiger partial charge >= 0.3 is 0 Å². The molecule has 0 radical (unpaired) electrons. The fourth-order valence-electron chi connectivity index (χ4n) is 1.80. The first-order chi connectivity index (χ1) is 8.65. The molecular weight excluding hydrogens is 299 g/mol. The second-order valence-electron chi connectivity index (χ2n) is 3.89. The molecule has 0 saturated heterocycles. The van der Waals surface area contributed by atoms with Crippen LogP contribution in [-0.4, -0.2) is 9.78 Å². The third-order valence-electron chi connectivity index (χ3n) is 2.75. The molecule has 0 amide bonds. The largest absolute Gasteiger partial charge is 0.273 e. The Morgan fingerprint density at radius 2 is 2.33 bits per heavy atom. The van der Waals surface area contributed by atoms with Gasteiger partial charge in [0, 0.05) is 22.8 Å². The van der Waals surface area contributed by atoms with Crippen molar-refractivity contribution in [1.82, 2.24) is 15.2 Å². The minimum atomic E-state index is -0.286.